The number of hydrogen-bond acceptors (Lipinski definition) is 3. The van der Waals surface area contributed by atoms with Crippen LogP contribution < -0.4 is 10.2 Å². The Morgan fingerprint density at radius 3 is 2.72 bits per heavy atom. The minimum atomic E-state index is 0.0214. The standard InChI is InChI=1S/C14H18BrN3/c1-14(2)10-17-9-13(7-8-16)18(14)12-5-3-11(15)4-6-12/h3-6,13,17H,7,9-10H2,1-2H3. The van der Waals surface area contributed by atoms with Crippen LogP contribution in [-0.2, 0) is 0 Å². The summed E-state index contributed by atoms with van der Waals surface area (Å²) >= 11 is 3.46. The fourth-order valence-corrected chi connectivity index (χ4v) is 2.91. The number of benzene rings is 1. The minimum Gasteiger partial charge on any atom is -0.360 e. The summed E-state index contributed by atoms with van der Waals surface area (Å²) in [5, 5.41) is 12.4. The first-order chi connectivity index (χ1) is 8.54. The van der Waals surface area contributed by atoms with E-state index >= 15 is 0 Å². The van der Waals surface area contributed by atoms with Gasteiger partial charge in [0.1, 0.15) is 0 Å². The van der Waals surface area contributed by atoms with E-state index in [0.717, 1.165) is 17.6 Å². The van der Waals surface area contributed by atoms with E-state index < -0.39 is 0 Å². The summed E-state index contributed by atoms with van der Waals surface area (Å²) in [7, 11) is 0. The van der Waals surface area contributed by atoms with Crippen LogP contribution >= 0.6 is 15.9 Å². The van der Waals surface area contributed by atoms with Crippen LogP contribution in [0.15, 0.2) is 28.7 Å². The quantitative estimate of drug-likeness (QED) is 0.913. The highest BCUT2D eigenvalue weighted by Crippen LogP contribution is 2.30. The number of piperazine rings is 1. The smallest absolute Gasteiger partial charge is 0.0643 e. The van der Waals surface area contributed by atoms with Gasteiger partial charge in [-0.3, -0.25) is 0 Å². The lowest BCUT2D eigenvalue weighted by Gasteiger charge is -2.49. The summed E-state index contributed by atoms with van der Waals surface area (Å²) in [6.45, 7) is 6.23. The molecule has 0 spiro atoms. The predicted octanol–water partition coefficient (Wildman–Crippen LogP) is 2.92. The van der Waals surface area contributed by atoms with Crippen LogP contribution in [0.25, 0.3) is 0 Å². The molecular weight excluding hydrogens is 290 g/mol. The minimum absolute atomic E-state index is 0.0214. The zero-order valence-corrected chi connectivity index (χ0v) is 12.4. The monoisotopic (exact) mass is 307 g/mol. The van der Waals surface area contributed by atoms with Crippen LogP contribution in [0.5, 0.6) is 0 Å². The van der Waals surface area contributed by atoms with Crippen molar-refractivity contribution in [2.45, 2.75) is 31.8 Å². The Morgan fingerprint density at radius 2 is 2.11 bits per heavy atom. The van der Waals surface area contributed by atoms with Crippen molar-refractivity contribution in [3.05, 3.63) is 28.7 Å². The van der Waals surface area contributed by atoms with Gasteiger partial charge in [-0.2, -0.15) is 5.26 Å². The lowest BCUT2D eigenvalue weighted by molar-refractivity contribution is 0.324. The molecule has 1 heterocycles. The van der Waals surface area contributed by atoms with Crippen LogP contribution in [0.2, 0.25) is 0 Å². The highest BCUT2D eigenvalue weighted by Gasteiger charge is 2.36. The Balaban J connectivity index is 2.34. The summed E-state index contributed by atoms with van der Waals surface area (Å²) in [5.41, 5.74) is 1.21. The van der Waals surface area contributed by atoms with E-state index in [-0.39, 0.29) is 11.6 Å². The molecule has 18 heavy (non-hydrogen) atoms. The summed E-state index contributed by atoms with van der Waals surface area (Å²) in [6.07, 6.45) is 0.548. The highest BCUT2D eigenvalue weighted by molar-refractivity contribution is 9.10. The van der Waals surface area contributed by atoms with Gasteiger partial charge in [-0.05, 0) is 38.1 Å². The number of nitrogens with one attached hydrogen (secondary N) is 1. The van der Waals surface area contributed by atoms with Crippen molar-refractivity contribution in [1.29, 1.82) is 5.26 Å². The first kappa shape index (κ1) is 13.4. The second kappa shape index (κ2) is 5.29. The van der Waals surface area contributed by atoms with Crippen molar-refractivity contribution in [1.82, 2.24) is 5.32 Å². The molecule has 2 rings (SSSR count). The number of rotatable bonds is 2. The van der Waals surface area contributed by atoms with Crippen molar-refractivity contribution in [2.24, 2.45) is 0 Å². The lowest BCUT2D eigenvalue weighted by atomic mass is 9.94. The molecule has 0 radical (unpaired) electrons. The van der Waals surface area contributed by atoms with Crippen molar-refractivity contribution < 1.29 is 0 Å². The summed E-state index contributed by atoms with van der Waals surface area (Å²) in [5.74, 6) is 0. The molecule has 1 aliphatic rings. The maximum atomic E-state index is 8.99. The zero-order valence-electron chi connectivity index (χ0n) is 10.8. The van der Waals surface area contributed by atoms with Gasteiger partial charge in [0.25, 0.3) is 0 Å². The average Bonchev–Trinajstić information content (AvgIpc) is 2.31. The molecule has 1 atom stereocenters. The summed E-state index contributed by atoms with van der Waals surface area (Å²) < 4.78 is 1.08. The molecule has 1 N–H and O–H groups in total. The second-order valence-electron chi connectivity index (χ2n) is 5.31. The van der Waals surface area contributed by atoms with Gasteiger partial charge in [-0.1, -0.05) is 15.9 Å². The van der Waals surface area contributed by atoms with Crippen LogP contribution in [0, 0.1) is 11.3 Å². The first-order valence-electron chi connectivity index (χ1n) is 6.17. The normalized spacial score (nSPS) is 22.6. The van der Waals surface area contributed by atoms with E-state index in [9.17, 15) is 0 Å². The molecule has 4 heteroatoms. The van der Waals surface area contributed by atoms with Gasteiger partial charge in [-0.25, -0.2) is 0 Å². The van der Waals surface area contributed by atoms with Gasteiger partial charge in [0.05, 0.1) is 18.5 Å². The second-order valence-corrected chi connectivity index (χ2v) is 6.22. The Labute approximate surface area is 117 Å². The molecule has 0 bridgehead atoms. The third-order valence-corrected chi connectivity index (χ3v) is 3.92. The molecule has 1 aromatic rings. The predicted molar refractivity (Wildman–Crippen MR) is 77.6 cm³/mol. The molecule has 1 aromatic carbocycles. The molecule has 0 aromatic heterocycles. The number of halogens is 1. The SMILES string of the molecule is CC1(C)CNCC(CC#N)N1c1ccc(Br)cc1. The van der Waals surface area contributed by atoms with Crippen molar-refractivity contribution in [3.8, 4) is 6.07 Å². The van der Waals surface area contributed by atoms with Crippen LogP contribution in [0.3, 0.4) is 0 Å². The van der Waals surface area contributed by atoms with E-state index in [4.69, 9.17) is 5.26 Å². The molecule has 0 saturated carbocycles. The topological polar surface area (TPSA) is 39.1 Å². The molecule has 96 valence electrons. The number of nitriles is 1. The lowest BCUT2D eigenvalue weighted by Crippen LogP contribution is -2.63. The number of anilines is 1. The molecule has 1 aliphatic heterocycles. The molecule has 0 aliphatic carbocycles. The molecule has 1 unspecified atom stereocenters. The van der Waals surface area contributed by atoms with Gasteiger partial charge < -0.3 is 10.2 Å². The maximum absolute atomic E-state index is 8.99. The molecular formula is C14H18BrN3. The van der Waals surface area contributed by atoms with Crippen molar-refractivity contribution >= 4 is 21.6 Å². The highest BCUT2D eigenvalue weighted by atomic mass is 79.9. The zero-order chi connectivity index (χ0) is 13.2. The molecule has 1 fully saturated rings. The first-order valence-corrected chi connectivity index (χ1v) is 6.96. The van der Waals surface area contributed by atoms with E-state index in [1.165, 1.54) is 5.69 Å². The Kier molecular flexibility index (Phi) is 3.94. The Bertz CT molecular complexity index is 447. The maximum Gasteiger partial charge on any atom is 0.0643 e. The fraction of sp³-hybridized carbons (Fsp3) is 0.500. The Morgan fingerprint density at radius 1 is 1.44 bits per heavy atom. The largest absolute Gasteiger partial charge is 0.360 e. The van der Waals surface area contributed by atoms with Gasteiger partial charge in [0.2, 0.25) is 0 Å². The van der Waals surface area contributed by atoms with E-state index in [1.54, 1.807) is 0 Å². The third kappa shape index (κ3) is 2.68. The van der Waals surface area contributed by atoms with Gasteiger partial charge >= 0.3 is 0 Å². The van der Waals surface area contributed by atoms with E-state index in [0.29, 0.717) is 6.42 Å². The van der Waals surface area contributed by atoms with Crippen LogP contribution in [0.1, 0.15) is 20.3 Å². The third-order valence-electron chi connectivity index (χ3n) is 3.39. The molecule has 0 amide bonds. The average molecular weight is 308 g/mol. The van der Waals surface area contributed by atoms with Gasteiger partial charge in [0, 0.05) is 28.8 Å². The number of hydrogen-bond donors (Lipinski definition) is 1. The molecule has 3 nitrogen and oxygen atoms in total. The van der Waals surface area contributed by atoms with E-state index in [2.05, 4.69) is 70.3 Å². The summed E-state index contributed by atoms with van der Waals surface area (Å²) in [6, 6.07) is 10.9. The van der Waals surface area contributed by atoms with E-state index in [1.807, 2.05) is 0 Å². The number of nitrogens with zero attached hydrogens (tertiary/aromatic N) is 2. The van der Waals surface area contributed by atoms with Gasteiger partial charge in [0.15, 0.2) is 0 Å². The van der Waals surface area contributed by atoms with Crippen LogP contribution in [0.4, 0.5) is 5.69 Å². The van der Waals surface area contributed by atoms with Crippen molar-refractivity contribution in [2.75, 3.05) is 18.0 Å². The molecule has 1 saturated heterocycles. The van der Waals surface area contributed by atoms with Crippen LogP contribution in [-0.4, -0.2) is 24.7 Å². The fourth-order valence-electron chi connectivity index (χ4n) is 2.65. The van der Waals surface area contributed by atoms with Gasteiger partial charge in [-0.15, -0.1) is 0 Å². The Hall–Kier alpha value is -1.05. The summed E-state index contributed by atoms with van der Waals surface area (Å²) in [4.78, 5) is 2.37. The van der Waals surface area contributed by atoms with Crippen molar-refractivity contribution in [3.63, 3.8) is 0 Å².